The molecular weight excluding hydrogens is 448 g/mol. The van der Waals surface area contributed by atoms with Crippen LogP contribution in [0, 0.1) is 11.3 Å². The largest absolute Gasteiger partial charge is 0.611 e. The van der Waals surface area contributed by atoms with Crippen LogP contribution in [0.2, 0.25) is 0 Å². The van der Waals surface area contributed by atoms with Crippen LogP contribution in [0.25, 0.3) is 0 Å². The molecule has 0 fully saturated rings. The van der Waals surface area contributed by atoms with Gasteiger partial charge in [0.1, 0.15) is 5.75 Å². The van der Waals surface area contributed by atoms with Crippen molar-refractivity contribution in [3.8, 4) is 6.07 Å². The molecule has 3 rings (SSSR count). The molecule has 0 radical (unpaired) electrons. The van der Waals surface area contributed by atoms with Crippen molar-refractivity contribution in [1.82, 2.24) is 5.32 Å². The minimum Gasteiger partial charge on any atom is -0.611 e. The molecule has 0 bridgehead atoms. The zero-order valence-electron chi connectivity index (χ0n) is 18.2. The van der Waals surface area contributed by atoms with Gasteiger partial charge in [0, 0.05) is 47.6 Å². The number of carbonyl (C=O) groups is 2. The maximum Gasteiger partial charge on any atom is 0.263 e. The van der Waals surface area contributed by atoms with Gasteiger partial charge in [0.15, 0.2) is 10.7 Å². The average molecular weight is 472 g/mol. The molecule has 2 unspecified atom stereocenters. The highest BCUT2D eigenvalue weighted by atomic mass is 32.2. The molecule has 2 aromatic rings. The van der Waals surface area contributed by atoms with E-state index in [2.05, 4.69) is 5.32 Å². The second-order valence-electron chi connectivity index (χ2n) is 7.45. The molecule has 2 aromatic carbocycles. The minimum absolute atomic E-state index is 0.138. The third kappa shape index (κ3) is 5.07. The third-order valence-corrected chi connectivity index (χ3v) is 6.97. The lowest BCUT2D eigenvalue weighted by molar-refractivity contribution is -0.115. The summed E-state index contributed by atoms with van der Waals surface area (Å²) in [5.41, 5.74) is 2.01. The molecule has 1 amide bonds. The number of carbonyl (C=O) groups excluding carboxylic acids is 2. The summed E-state index contributed by atoms with van der Waals surface area (Å²) in [5.74, 6) is 0.0920. The molecular formula is C24H23F2N3O3S. The molecule has 172 valence electrons. The van der Waals surface area contributed by atoms with Crippen LogP contribution < -0.4 is 10.2 Å². The van der Waals surface area contributed by atoms with E-state index < -0.39 is 23.6 Å². The summed E-state index contributed by atoms with van der Waals surface area (Å²) in [6.07, 6.45) is -1.60. The second kappa shape index (κ2) is 10.6. The van der Waals surface area contributed by atoms with Crippen LogP contribution in [0.5, 0.6) is 0 Å². The summed E-state index contributed by atoms with van der Waals surface area (Å²) >= 11 is -1.45. The first-order valence-corrected chi connectivity index (χ1v) is 11.6. The first-order chi connectivity index (χ1) is 15.8. The molecule has 1 aliphatic carbocycles. The molecule has 0 aliphatic heterocycles. The Bertz CT molecular complexity index is 1130. The highest BCUT2D eigenvalue weighted by molar-refractivity contribution is 7.91. The Hall–Kier alpha value is -3.22. The van der Waals surface area contributed by atoms with Crippen LogP contribution in [0.1, 0.15) is 48.9 Å². The van der Waals surface area contributed by atoms with Gasteiger partial charge in [-0.25, -0.2) is 8.78 Å². The summed E-state index contributed by atoms with van der Waals surface area (Å²) in [4.78, 5) is 26.5. The van der Waals surface area contributed by atoms with Crippen molar-refractivity contribution in [1.29, 1.82) is 5.26 Å². The fourth-order valence-corrected chi connectivity index (χ4v) is 4.97. The highest BCUT2D eigenvalue weighted by Crippen LogP contribution is 2.39. The van der Waals surface area contributed by atoms with E-state index in [1.54, 1.807) is 37.1 Å². The van der Waals surface area contributed by atoms with Gasteiger partial charge >= 0.3 is 0 Å². The number of Topliss-reactive ketones (excluding diaryl/α,β-unsaturated/α-hetero) is 1. The van der Waals surface area contributed by atoms with E-state index in [4.69, 9.17) is 0 Å². The Morgan fingerprint density at radius 1 is 1.27 bits per heavy atom. The van der Waals surface area contributed by atoms with Gasteiger partial charge in [-0.15, -0.1) is 0 Å². The average Bonchev–Trinajstić information content (AvgIpc) is 3.22. The van der Waals surface area contributed by atoms with E-state index in [9.17, 15) is 28.2 Å². The lowest BCUT2D eigenvalue weighted by Crippen LogP contribution is -2.29. The number of ketones is 1. The molecule has 1 aliphatic rings. The van der Waals surface area contributed by atoms with E-state index in [0.29, 0.717) is 45.8 Å². The van der Waals surface area contributed by atoms with Crippen molar-refractivity contribution < 1.29 is 22.9 Å². The Morgan fingerprint density at radius 2 is 2.03 bits per heavy atom. The topological polar surface area (TPSA) is 96.3 Å². The van der Waals surface area contributed by atoms with E-state index in [1.807, 2.05) is 6.07 Å². The lowest BCUT2D eigenvalue weighted by atomic mass is 9.95. The first-order valence-electron chi connectivity index (χ1n) is 10.3. The van der Waals surface area contributed by atoms with Crippen molar-refractivity contribution in [3.63, 3.8) is 0 Å². The predicted octanol–water partition coefficient (Wildman–Crippen LogP) is 4.16. The fraction of sp³-hybridized carbons (Fsp3) is 0.292. The monoisotopic (exact) mass is 471 g/mol. The number of hydrogen-bond donors (Lipinski definition) is 1. The van der Waals surface area contributed by atoms with Crippen LogP contribution in [0.4, 0.5) is 14.5 Å². The van der Waals surface area contributed by atoms with Crippen molar-refractivity contribution in [2.45, 2.75) is 37.1 Å². The number of alkyl halides is 2. The smallest absolute Gasteiger partial charge is 0.263 e. The number of nitrogens with one attached hydrogen (secondary N) is 1. The van der Waals surface area contributed by atoms with Gasteiger partial charge in [-0.3, -0.25) is 9.59 Å². The minimum atomic E-state index is -2.63. The van der Waals surface area contributed by atoms with Crippen molar-refractivity contribution in [2.24, 2.45) is 0 Å². The first kappa shape index (κ1) is 24.4. The number of nitriles is 1. The lowest BCUT2D eigenvalue weighted by Gasteiger charge is -2.27. The SMILES string of the molecule is CC[S+]([O-])c1cc(C#N)ccc1C(NC=O)C1=C(N(C)c2cccc(C(F)F)c2)CCC1=O. The summed E-state index contributed by atoms with van der Waals surface area (Å²) < 4.78 is 39.2. The maximum absolute atomic E-state index is 13.2. The number of nitrogens with zero attached hydrogens (tertiary/aromatic N) is 2. The molecule has 0 saturated carbocycles. The normalized spacial score (nSPS) is 15.4. The van der Waals surface area contributed by atoms with Gasteiger partial charge in [0.25, 0.3) is 6.43 Å². The van der Waals surface area contributed by atoms with Crippen LogP contribution in [0.15, 0.2) is 58.6 Å². The van der Waals surface area contributed by atoms with Crippen LogP contribution >= 0.6 is 0 Å². The fourth-order valence-electron chi connectivity index (χ4n) is 3.95. The Kier molecular flexibility index (Phi) is 7.84. The van der Waals surface area contributed by atoms with Gasteiger partial charge in [-0.05, 0) is 42.7 Å². The van der Waals surface area contributed by atoms with Crippen LogP contribution in [0.3, 0.4) is 0 Å². The van der Waals surface area contributed by atoms with E-state index >= 15 is 0 Å². The van der Waals surface area contributed by atoms with E-state index in [1.165, 1.54) is 24.3 Å². The van der Waals surface area contributed by atoms with Gasteiger partial charge in [0.05, 0.1) is 17.7 Å². The number of rotatable bonds is 9. The van der Waals surface area contributed by atoms with Gasteiger partial charge in [-0.2, -0.15) is 5.26 Å². The van der Waals surface area contributed by atoms with E-state index in [-0.39, 0.29) is 23.5 Å². The molecule has 9 heteroatoms. The Balaban J connectivity index is 2.16. The number of amides is 1. The number of hydrogen-bond acceptors (Lipinski definition) is 5. The van der Waals surface area contributed by atoms with Gasteiger partial charge < -0.3 is 14.8 Å². The van der Waals surface area contributed by atoms with Gasteiger partial charge in [0.2, 0.25) is 6.41 Å². The Labute approximate surface area is 194 Å². The number of halogens is 2. The quantitative estimate of drug-likeness (QED) is 0.438. The third-order valence-electron chi connectivity index (χ3n) is 5.60. The molecule has 1 N–H and O–H groups in total. The van der Waals surface area contributed by atoms with Crippen LogP contribution in [-0.2, 0) is 20.8 Å². The molecule has 0 spiro atoms. The summed E-state index contributed by atoms with van der Waals surface area (Å²) in [6, 6.07) is 11.6. The van der Waals surface area contributed by atoms with Crippen molar-refractivity contribution in [3.05, 3.63) is 70.4 Å². The molecule has 2 atom stereocenters. The molecule has 6 nitrogen and oxygen atoms in total. The highest BCUT2D eigenvalue weighted by Gasteiger charge is 2.35. The predicted molar refractivity (Wildman–Crippen MR) is 121 cm³/mol. The maximum atomic E-state index is 13.2. The molecule has 0 heterocycles. The number of allylic oxidation sites excluding steroid dienone is 1. The second-order valence-corrected chi connectivity index (χ2v) is 9.16. The number of anilines is 1. The Morgan fingerprint density at radius 3 is 2.67 bits per heavy atom. The van der Waals surface area contributed by atoms with E-state index in [0.717, 1.165) is 0 Å². The molecule has 0 saturated heterocycles. The summed E-state index contributed by atoms with van der Waals surface area (Å²) in [7, 11) is 1.68. The summed E-state index contributed by atoms with van der Waals surface area (Å²) in [5, 5.41) is 11.9. The molecule has 0 aromatic heterocycles. The van der Waals surface area contributed by atoms with Crippen molar-refractivity contribution >= 4 is 29.1 Å². The zero-order valence-corrected chi connectivity index (χ0v) is 19.0. The molecule has 33 heavy (non-hydrogen) atoms. The summed E-state index contributed by atoms with van der Waals surface area (Å²) in [6.45, 7) is 1.73. The zero-order chi connectivity index (χ0) is 24.1. The van der Waals surface area contributed by atoms with Crippen molar-refractivity contribution in [2.75, 3.05) is 17.7 Å². The van der Waals surface area contributed by atoms with Crippen LogP contribution in [-0.4, -0.2) is 29.5 Å². The standard InChI is InChI=1S/C24H23F2N3O3S/c1-3-33(32)21-11-15(13-27)7-8-18(21)23(28-14-30)22-19(9-10-20(22)31)29(2)17-6-4-5-16(12-17)24(25)26/h4-8,11-12,14,23-24H,3,9-10H2,1-2H3,(H,28,30). The van der Waals surface area contributed by atoms with Gasteiger partial charge in [-0.1, -0.05) is 18.2 Å². The number of benzene rings is 2.